The Kier molecular flexibility index (Phi) is 4.80. The molecule has 0 aromatic rings. The van der Waals surface area contributed by atoms with Crippen molar-refractivity contribution < 1.29 is 13.2 Å². The molecule has 1 aliphatic rings. The van der Waals surface area contributed by atoms with Crippen LogP contribution in [0.2, 0.25) is 0 Å². The van der Waals surface area contributed by atoms with E-state index >= 15 is 0 Å². The zero-order valence-electron chi connectivity index (χ0n) is 8.45. The Morgan fingerprint density at radius 1 is 1.57 bits per heavy atom. The molecule has 14 heavy (non-hydrogen) atoms. The molecule has 0 bridgehead atoms. The van der Waals surface area contributed by atoms with Crippen molar-refractivity contribution >= 4 is 10.0 Å². The first kappa shape index (κ1) is 11.9. The second kappa shape index (κ2) is 5.65. The molecule has 84 valence electrons. The normalized spacial score (nSPS) is 22.8. The van der Waals surface area contributed by atoms with E-state index in [2.05, 4.69) is 10.0 Å². The van der Waals surface area contributed by atoms with E-state index in [4.69, 9.17) is 4.74 Å². The maximum Gasteiger partial charge on any atom is 0.214 e. The molecular formula is C8H18N2O3S. The van der Waals surface area contributed by atoms with Gasteiger partial charge in [-0.15, -0.1) is 0 Å². The van der Waals surface area contributed by atoms with Crippen molar-refractivity contribution in [2.75, 3.05) is 32.1 Å². The van der Waals surface area contributed by atoms with E-state index in [-0.39, 0.29) is 18.4 Å². The molecule has 1 rings (SSSR count). The molecule has 1 fully saturated rings. The highest BCUT2D eigenvalue weighted by atomic mass is 32.2. The van der Waals surface area contributed by atoms with E-state index < -0.39 is 10.0 Å². The van der Waals surface area contributed by atoms with Gasteiger partial charge >= 0.3 is 0 Å². The van der Waals surface area contributed by atoms with Crippen molar-refractivity contribution in [3.8, 4) is 0 Å². The third kappa shape index (κ3) is 4.36. The second-order valence-electron chi connectivity index (χ2n) is 3.32. The maximum absolute atomic E-state index is 11.4. The van der Waals surface area contributed by atoms with Crippen LogP contribution in [0.25, 0.3) is 0 Å². The number of hydrogen-bond donors (Lipinski definition) is 2. The number of ether oxygens (including phenoxy) is 1. The van der Waals surface area contributed by atoms with Crippen molar-refractivity contribution in [1.82, 2.24) is 10.0 Å². The summed E-state index contributed by atoms with van der Waals surface area (Å²) >= 11 is 0. The summed E-state index contributed by atoms with van der Waals surface area (Å²) in [7, 11) is -3.15. The molecule has 2 N–H and O–H groups in total. The van der Waals surface area contributed by atoms with E-state index in [0.29, 0.717) is 6.61 Å². The maximum atomic E-state index is 11.4. The Balaban J connectivity index is 2.26. The third-order valence-electron chi connectivity index (χ3n) is 2.11. The fourth-order valence-corrected chi connectivity index (χ4v) is 2.55. The van der Waals surface area contributed by atoms with Gasteiger partial charge in [-0.1, -0.05) is 0 Å². The Bertz CT molecular complexity index is 247. The van der Waals surface area contributed by atoms with Crippen LogP contribution in [0.4, 0.5) is 0 Å². The van der Waals surface area contributed by atoms with Crippen LogP contribution in [0.3, 0.4) is 0 Å². The summed E-state index contributed by atoms with van der Waals surface area (Å²) in [6, 6.07) is 0.0571. The fourth-order valence-electron chi connectivity index (χ4n) is 1.38. The molecule has 5 nitrogen and oxygen atoms in total. The molecule has 1 aliphatic heterocycles. The van der Waals surface area contributed by atoms with Crippen LogP contribution in [0.15, 0.2) is 0 Å². The second-order valence-corrected chi connectivity index (χ2v) is 5.20. The Morgan fingerprint density at radius 3 is 2.93 bits per heavy atom. The zero-order chi connectivity index (χ0) is 10.4. The van der Waals surface area contributed by atoms with Crippen molar-refractivity contribution in [3.63, 3.8) is 0 Å². The van der Waals surface area contributed by atoms with Crippen LogP contribution in [0.1, 0.15) is 13.3 Å². The van der Waals surface area contributed by atoms with E-state index in [1.54, 1.807) is 0 Å². The lowest BCUT2D eigenvalue weighted by Crippen LogP contribution is -2.38. The largest absolute Gasteiger partial charge is 0.381 e. The zero-order valence-corrected chi connectivity index (χ0v) is 9.27. The van der Waals surface area contributed by atoms with Gasteiger partial charge in [0.2, 0.25) is 10.0 Å². The van der Waals surface area contributed by atoms with Gasteiger partial charge in [-0.3, -0.25) is 0 Å². The Labute approximate surface area is 85.3 Å². The smallest absolute Gasteiger partial charge is 0.214 e. The van der Waals surface area contributed by atoms with Crippen molar-refractivity contribution in [2.45, 2.75) is 19.4 Å². The van der Waals surface area contributed by atoms with Crippen molar-refractivity contribution in [2.24, 2.45) is 0 Å². The summed E-state index contributed by atoms with van der Waals surface area (Å²) in [5, 5.41) is 3.10. The van der Waals surface area contributed by atoms with Crippen molar-refractivity contribution in [3.05, 3.63) is 0 Å². The molecule has 1 saturated heterocycles. The van der Waals surface area contributed by atoms with Gasteiger partial charge < -0.3 is 10.1 Å². The summed E-state index contributed by atoms with van der Waals surface area (Å²) < 4.78 is 30.5. The predicted molar refractivity (Wildman–Crippen MR) is 54.7 cm³/mol. The number of sulfonamides is 1. The van der Waals surface area contributed by atoms with Crippen LogP contribution in [-0.4, -0.2) is 46.5 Å². The molecule has 0 aromatic heterocycles. The molecule has 0 unspecified atom stereocenters. The summed E-state index contributed by atoms with van der Waals surface area (Å²) in [4.78, 5) is 0. The highest BCUT2D eigenvalue weighted by Gasteiger charge is 2.20. The van der Waals surface area contributed by atoms with Crippen molar-refractivity contribution in [1.29, 1.82) is 0 Å². The van der Waals surface area contributed by atoms with Gasteiger partial charge in [-0.05, 0) is 19.9 Å². The topological polar surface area (TPSA) is 67.4 Å². The summed E-state index contributed by atoms with van der Waals surface area (Å²) in [6.45, 7) is 4.29. The quantitative estimate of drug-likeness (QED) is 0.583. The molecule has 0 radical (unpaired) electrons. The van der Waals surface area contributed by atoms with Crippen LogP contribution in [0.5, 0.6) is 0 Å². The standard InChI is InChI=1S/C8H18N2O3S/c1-2-13-5-6-14(11,12)10-8-3-4-9-7-8/h8-10H,2-7H2,1H3/t8-/m0/s1. The highest BCUT2D eigenvalue weighted by Crippen LogP contribution is 1.99. The van der Waals surface area contributed by atoms with E-state index in [1.165, 1.54) is 0 Å². The van der Waals surface area contributed by atoms with Crippen LogP contribution >= 0.6 is 0 Å². The van der Waals surface area contributed by atoms with Crippen LogP contribution < -0.4 is 10.0 Å². The molecule has 0 aliphatic carbocycles. The van der Waals surface area contributed by atoms with Gasteiger partial charge in [0.05, 0.1) is 12.4 Å². The molecule has 0 spiro atoms. The lowest BCUT2D eigenvalue weighted by atomic mass is 10.3. The lowest BCUT2D eigenvalue weighted by Gasteiger charge is -2.11. The fraction of sp³-hybridized carbons (Fsp3) is 1.00. The van der Waals surface area contributed by atoms with Gasteiger partial charge in [0, 0.05) is 19.2 Å². The summed E-state index contributed by atoms with van der Waals surface area (Å²) in [5.74, 6) is 0.0529. The first-order chi connectivity index (χ1) is 6.64. The Hall–Kier alpha value is -0.170. The minimum Gasteiger partial charge on any atom is -0.381 e. The average molecular weight is 222 g/mol. The molecule has 1 heterocycles. The molecular weight excluding hydrogens is 204 g/mol. The van der Waals surface area contributed by atoms with E-state index in [1.807, 2.05) is 6.92 Å². The average Bonchev–Trinajstić information content (AvgIpc) is 2.56. The first-order valence-corrected chi connectivity index (χ1v) is 6.58. The minimum atomic E-state index is -3.15. The van der Waals surface area contributed by atoms with Crippen LogP contribution in [0, 0.1) is 0 Å². The Morgan fingerprint density at radius 2 is 2.36 bits per heavy atom. The monoisotopic (exact) mass is 222 g/mol. The summed E-state index contributed by atoms with van der Waals surface area (Å²) in [5.41, 5.74) is 0. The molecule has 0 aromatic carbocycles. The van der Waals surface area contributed by atoms with Gasteiger partial charge in [0.1, 0.15) is 0 Å². The van der Waals surface area contributed by atoms with Gasteiger partial charge in [0.15, 0.2) is 0 Å². The number of hydrogen-bond acceptors (Lipinski definition) is 4. The van der Waals surface area contributed by atoms with Gasteiger partial charge in [0.25, 0.3) is 0 Å². The number of nitrogens with one attached hydrogen (secondary N) is 2. The molecule has 0 amide bonds. The van der Waals surface area contributed by atoms with Gasteiger partial charge in [-0.2, -0.15) is 0 Å². The van der Waals surface area contributed by atoms with Gasteiger partial charge in [-0.25, -0.2) is 13.1 Å². The molecule has 0 saturated carbocycles. The van der Waals surface area contributed by atoms with Crippen LogP contribution in [-0.2, 0) is 14.8 Å². The predicted octanol–water partition coefficient (Wildman–Crippen LogP) is -0.696. The molecule has 1 atom stereocenters. The number of rotatable bonds is 6. The first-order valence-electron chi connectivity index (χ1n) is 4.92. The lowest BCUT2D eigenvalue weighted by molar-refractivity contribution is 0.163. The minimum absolute atomic E-state index is 0.0529. The van der Waals surface area contributed by atoms with E-state index in [0.717, 1.165) is 19.5 Å². The SMILES string of the molecule is CCOCCS(=O)(=O)N[C@H]1CCNC1. The van der Waals surface area contributed by atoms with E-state index in [9.17, 15) is 8.42 Å². The summed E-state index contributed by atoms with van der Waals surface area (Å²) in [6.07, 6.45) is 0.869. The molecule has 6 heteroatoms. The highest BCUT2D eigenvalue weighted by molar-refractivity contribution is 7.89. The third-order valence-corrected chi connectivity index (χ3v) is 3.50.